The van der Waals surface area contributed by atoms with Crippen molar-refractivity contribution in [3.8, 4) is 5.75 Å². The number of aliphatic hydroxyl groups excluding tert-OH is 1. The average Bonchev–Trinajstić information content (AvgIpc) is 2.85. The van der Waals surface area contributed by atoms with Gasteiger partial charge < -0.3 is 20.1 Å². The number of nitrogens with zero attached hydrogens (tertiary/aromatic N) is 1. The molecule has 1 aromatic carbocycles. The summed E-state index contributed by atoms with van der Waals surface area (Å²) in [5, 5.41) is 12.2. The quantitative estimate of drug-likeness (QED) is 0.820. The van der Waals surface area contributed by atoms with Gasteiger partial charge in [0.1, 0.15) is 5.75 Å². The van der Waals surface area contributed by atoms with Crippen molar-refractivity contribution in [3.63, 3.8) is 0 Å². The summed E-state index contributed by atoms with van der Waals surface area (Å²) in [6.45, 7) is 7.02. The molecule has 2 rings (SSSR count). The highest BCUT2D eigenvalue weighted by atomic mass is 16.5. The molecule has 1 saturated heterocycles. The molecule has 1 aromatic rings. The predicted molar refractivity (Wildman–Crippen MR) is 77.9 cm³/mol. The molecule has 1 heterocycles. The molecule has 1 unspecified atom stereocenters. The zero-order valence-electron chi connectivity index (χ0n) is 11.8. The van der Waals surface area contributed by atoms with Crippen LogP contribution in [0.4, 0.5) is 5.69 Å². The number of rotatable bonds is 6. The summed E-state index contributed by atoms with van der Waals surface area (Å²) in [6.07, 6.45) is 1.34. The van der Waals surface area contributed by atoms with Gasteiger partial charge in [0, 0.05) is 31.4 Å². The van der Waals surface area contributed by atoms with E-state index in [2.05, 4.69) is 22.3 Å². The normalized spacial score (nSPS) is 19.2. The Morgan fingerprint density at radius 1 is 1.37 bits per heavy atom. The molecule has 2 N–H and O–H groups in total. The van der Waals surface area contributed by atoms with E-state index in [1.54, 1.807) is 0 Å². The van der Waals surface area contributed by atoms with Crippen LogP contribution in [0.25, 0.3) is 0 Å². The molecule has 1 aliphatic heterocycles. The molecule has 1 atom stereocenters. The molecule has 1 aliphatic rings. The molecule has 106 valence electrons. The Kier molecular flexibility index (Phi) is 5.05. The van der Waals surface area contributed by atoms with E-state index >= 15 is 0 Å². The van der Waals surface area contributed by atoms with Gasteiger partial charge in [0.05, 0.1) is 12.7 Å². The van der Waals surface area contributed by atoms with E-state index in [1.165, 1.54) is 5.69 Å². The molecule has 0 aromatic heterocycles. The van der Waals surface area contributed by atoms with E-state index in [4.69, 9.17) is 9.84 Å². The minimum absolute atomic E-state index is 0.206. The second-order valence-electron chi connectivity index (χ2n) is 5.27. The van der Waals surface area contributed by atoms with Crippen molar-refractivity contribution in [3.05, 3.63) is 24.3 Å². The van der Waals surface area contributed by atoms with E-state index in [0.29, 0.717) is 12.6 Å². The summed E-state index contributed by atoms with van der Waals surface area (Å²) in [7, 11) is 0. The van der Waals surface area contributed by atoms with Crippen LogP contribution < -0.4 is 15.0 Å². The fourth-order valence-corrected chi connectivity index (χ4v) is 2.44. The van der Waals surface area contributed by atoms with Crippen molar-refractivity contribution in [2.24, 2.45) is 0 Å². The number of aliphatic hydroxyl groups is 1. The Morgan fingerprint density at radius 2 is 2.11 bits per heavy atom. The number of hydrogen-bond donors (Lipinski definition) is 2. The standard InChI is InChI=1S/C15H24N2O2/c1-12(2)19-15-5-3-14(4-6-15)17-9-7-13(11-17)16-8-10-18/h3-6,12-13,16,18H,7-11H2,1-2H3. The molecule has 4 heteroatoms. The molecular formula is C15H24N2O2. The van der Waals surface area contributed by atoms with Gasteiger partial charge in [0.2, 0.25) is 0 Å². The highest BCUT2D eigenvalue weighted by molar-refractivity contribution is 5.50. The Morgan fingerprint density at radius 3 is 2.74 bits per heavy atom. The third kappa shape index (κ3) is 4.11. The number of nitrogens with one attached hydrogen (secondary N) is 1. The summed E-state index contributed by atoms with van der Waals surface area (Å²) < 4.78 is 5.65. The SMILES string of the molecule is CC(C)Oc1ccc(N2CCC(NCCO)C2)cc1. The number of benzene rings is 1. The van der Waals surface area contributed by atoms with Crippen LogP contribution in [0.5, 0.6) is 5.75 Å². The topological polar surface area (TPSA) is 44.7 Å². The lowest BCUT2D eigenvalue weighted by Crippen LogP contribution is -2.34. The average molecular weight is 264 g/mol. The van der Waals surface area contributed by atoms with Gasteiger partial charge in [-0.1, -0.05) is 0 Å². The monoisotopic (exact) mass is 264 g/mol. The maximum atomic E-state index is 8.82. The lowest BCUT2D eigenvalue weighted by atomic mass is 10.2. The van der Waals surface area contributed by atoms with Gasteiger partial charge in [-0.2, -0.15) is 0 Å². The van der Waals surface area contributed by atoms with Crippen LogP contribution in [0, 0.1) is 0 Å². The van der Waals surface area contributed by atoms with Crippen LogP contribution in [-0.2, 0) is 0 Å². The van der Waals surface area contributed by atoms with Crippen molar-refractivity contribution in [2.75, 3.05) is 31.1 Å². The van der Waals surface area contributed by atoms with E-state index in [9.17, 15) is 0 Å². The molecule has 0 aliphatic carbocycles. The molecule has 19 heavy (non-hydrogen) atoms. The zero-order chi connectivity index (χ0) is 13.7. The summed E-state index contributed by atoms with van der Waals surface area (Å²) in [5.41, 5.74) is 1.24. The molecule has 0 bridgehead atoms. The lowest BCUT2D eigenvalue weighted by molar-refractivity contribution is 0.242. The van der Waals surface area contributed by atoms with E-state index in [0.717, 1.165) is 25.3 Å². The maximum Gasteiger partial charge on any atom is 0.119 e. The minimum Gasteiger partial charge on any atom is -0.491 e. The summed E-state index contributed by atoms with van der Waals surface area (Å²) in [6, 6.07) is 8.78. The third-order valence-corrected chi connectivity index (χ3v) is 3.31. The summed E-state index contributed by atoms with van der Waals surface area (Å²) in [5.74, 6) is 0.924. The van der Waals surface area contributed by atoms with Crippen LogP contribution in [-0.4, -0.2) is 43.5 Å². The number of ether oxygens (including phenoxy) is 1. The highest BCUT2D eigenvalue weighted by Gasteiger charge is 2.21. The van der Waals surface area contributed by atoms with Crippen molar-refractivity contribution in [1.82, 2.24) is 5.32 Å². The van der Waals surface area contributed by atoms with Crippen molar-refractivity contribution >= 4 is 5.69 Å². The Hall–Kier alpha value is -1.26. The fourth-order valence-electron chi connectivity index (χ4n) is 2.44. The molecular weight excluding hydrogens is 240 g/mol. The first-order valence-corrected chi connectivity index (χ1v) is 7.05. The largest absolute Gasteiger partial charge is 0.491 e. The molecule has 0 saturated carbocycles. The van der Waals surface area contributed by atoms with Crippen LogP contribution >= 0.6 is 0 Å². The van der Waals surface area contributed by atoms with Crippen LogP contribution in [0.3, 0.4) is 0 Å². The molecule has 4 nitrogen and oxygen atoms in total. The minimum atomic E-state index is 0.206. The third-order valence-electron chi connectivity index (χ3n) is 3.31. The first kappa shape index (κ1) is 14.2. The number of hydrogen-bond acceptors (Lipinski definition) is 4. The van der Waals surface area contributed by atoms with Gasteiger partial charge >= 0.3 is 0 Å². The Bertz CT molecular complexity index is 378. The molecule has 0 radical (unpaired) electrons. The Balaban J connectivity index is 1.89. The van der Waals surface area contributed by atoms with Gasteiger partial charge in [-0.05, 0) is 44.5 Å². The van der Waals surface area contributed by atoms with Crippen LogP contribution in [0.1, 0.15) is 20.3 Å². The van der Waals surface area contributed by atoms with Gasteiger partial charge in [-0.3, -0.25) is 0 Å². The van der Waals surface area contributed by atoms with Crippen molar-refractivity contribution in [2.45, 2.75) is 32.4 Å². The lowest BCUT2D eigenvalue weighted by Gasteiger charge is -2.19. The predicted octanol–water partition coefficient (Wildman–Crippen LogP) is 1.63. The fraction of sp³-hybridized carbons (Fsp3) is 0.600. The first-order chi connectivity index (χ1) is 9.19. The second-order valence-corrected chi connectivity index (χ2v) is 5.27. The second kappa shape index (κ2) is 6.78. The maximum absolute atomic E-state index is 8.82. The van der Waals surface area contributed by atoms with Crippen molar-refractivity contribution < 1.29 is 9.84 Å². The summed E-state index contributed by atoms with van der Waals surface area (Å²) in [4.78, 5) is 2.37. The van der Waals surface area contributed by atoms with Gasteiger partial charge in [0.25, 0.3) is 0 Å². The molecule has 1 fully saturated rings. The molecule has 0 amide bonds. The van der Waals surface area contributed by atoms with Gasteiger partial charge in [-0.15, -0.1) is 0 Å². The smallest absolute Gasteiger partial charge is 0.119 e. The van der Waals surface area contributed by atoms with Crippen LogP contribution in [0.2, 0.25) is 0 Å². The van der Waals surface area contributed by atoms with Crippen LogP contribution in [0.15, 0.2) is 24.3 Å². The first-order valence-electron chi connectivity index (χ1n) is 7.05. The zero-order valence-corrected chi connectivity index (χ0v) is 11.8. The highest BCUT2D eigenvalue weighted by Crippen LogP contribution is 2.23. The number of anilines is 1. The van der Waals surface area contributed by atoms with E-state index < -0.39 is 0 Å². The van der Waals surface area contributed by atoms with Crippen molar-refractivity contribution in [1.29, 1.82) is 0 Å². The summed E-state index contributed by atoms with van der Waals surface area (Å²) >= 11 is 0. The van der Waals surface area contributed by atoms with Gasteiger partial charge in [0.15, 0.2) is 0 Å². The molecule has 0 spiro atoms. The van der Waals surface area contributed by atoms with E-state index in [-0.39, 0.29) is 12.7 Å². The Labute approximate surface area is 115 Å². The van der Waals surface area contributed by atoms with Gasteiger partial charge in [-0.25, -0.2) is 0 Å². The van der Waals surface area contributed by atoms with E-state index in [1.807, 2.05) is 26.0 Å².